The molecule has 0 saturated carbocycles. The third kappa shape index (κ3) is 7.08. The van der Waals surface area contributed by atoms with Crippen LogP contribution in [0.15, 0.2) is 54.7 Å². The van der Waals surface area contributed by atoms with Crippen LogP contribution in [0.3, 0.4) is 0 Å². The lowest BCUT2D eigenvalue weighted by Gasteiger charge is -2.43. The number of benzene rings is 2. The molecule has 1 atom stereocenters. The number of amides is 1. The Labute approximate surface area is 244 Å². The van der Waals surface area contributed by atoms with Crippen molar-refractivity contribution >= 4 is 22.9 Å². The predicted octanol–water partition coefficient (Wildman–Crippen LogP) is 5.81. The molecule has 0 radical (unpaired) electrons. The van der Waals surface area contributed by atoms with Gasteiger partial charge in [-0.2, -0.15) is 26.3 Å². The highest BCUT2D eigenvalue weighted by Gasteiger charge is 2.41. The van der Waals surface area contributed by atoms with Gasteiger partial charge in [-0.1, -0.05) is 18.2 Å². The Morgan fingerprint density at radius 3 is 2.19 bits per heavy atom. The monoisotopic (exact) mass is 609 g/mol. The molecule has 3 N–H and O–H groups in total. The SMILES string of the molecule is O=C(/C=C/c1cc(C(F)(F)F)cc(C(F)(F)F)c1)N1CCC(O)(C(O)CN2CCC(c3c[nH]c4ccccc34)CC2)CC1. The molecule has 0 spiro atoms. The fraction of sp³-hybridized carbons (Fsp3) is 0.452. The van der Waals surface area contributed by atoms with E-state index < -0.39 is 46.7 Å². The third-order valence-corrected chi connectivity index (χ3v) is 8.67. The second-order valence-corrected chi connectivity index (χ2v) is 11.5. The number of H-pyrrole nitrogens is 1. The summed E-state index contributed by atoms with van der Waals surface area (Å²) in [7, 11) is 0. The number of piperidine rings is 2. The van der Waals surface area contributed by atoms with Crippen LogP contribution in [0.5, 0.6) is 0 Å². The molecule has 0 aliphatic carbocycles. The number of aliphatic hydroxyl groups is 2. The van der Waals surface area contributed by atoms with E-state index in [-0.39, 0.29) is 38.5 Å². The maximum absolute atomic E-state index is 13.1. The molecule has 3 heterocycles. The van der Waals surface area contributed by atoms with Crippen LogP contribution in [0.2, 0.25) is 0 Å². The van der Waals surface area contributed by atoms with Gasteiger partial charge in [0, 0.05) is 42.8 Å². The maximum Gasteiger partial charge on any atom is 0.416 e. The summed E-state index contributed by atoms with van der Waals surface area (Å²) in [5.74, 6) is -0.215. The van der Waals surface area contributed by atoms with Gasteiger partial charge in [0.05, 0.1) is 22.8 Å². The van der Waals surface area contributed by atoms with Crippen LogP contribution in [-0.2, 0) is 17.1 Å². The molecule has 1 unspecified atom stereocenters. The summed E-state index contributed by atoms with van der Waals surface area (Å²) in [6.07, 6.45) is -5.12. The van der Waals surface area contributed by atoms with Crippen molar-refractivity contribution in [1.82, 2.24) is 14.8 Å². The zero-order valence-electron chi connectivity index (χ0n) is 23.3. The Balaban J connectivity index is 1.14. The van der Waals surface area contributed by atoms with Gasteiger partial charge in [-0.25, -0.2) is 0 Å². The number of carbonyl (C=O) groups excluding carboxylic acids is 1. The largest absolute Gasteiger partial charge is 0.416 e. The molecule has 1 amide bonds. The number of carbonyl (C=O) groups is 1. The molecule has 3 aromatic rings. The van der Waals surface area contributed by atoms with Gasteiger partial charge >= 0.3 is 12.4 Å². The van der Waals surface area contributed by atoms with E-state index in [9.17, 15) is 41.4 Å². The number of nitrogens with one attached hydrogen (secondary N) is 1. The highest BCUT2D eigenvalue weighted by atomic mass is 19.4. The lowest BCUT2D eigenvalue weighted by Crippen LogP contribution is -2.56. The Morgan fingerprint density at radius 2 is 1.58 bits per heavy atom. The van der Waals surface area contributed by atoms with Gasteiger partial charge in [-0.3, -0.25) is 4.79 Å². The number of β-amino-alcohol motifs (C(OH)–C–C–N with tert-alkyl or cyclic N) is 1. The molecule has 2 aliphatic rings. The number of aromatic amines is 1. The lowest BCUT2D eigenvalue weighted by molar-refractivity contribution is -0.143. The van der Waals surface area contributed by atoms with Crippen molar-refractivity contribution < 1.29 is 41.4 Å². The van der Waals surface area contributed by atoms with Gasteiger partial charge < -0.3 is 25.0 Å². The number of nitrogens with zero attached hydrogens (tertiary/aromatic N) is 2. The van der Waals surface area contributed by atoms with E-state index in [0.717, 1.165) is 43.6 Å². The van der Waals surface area contributed by atoms with Crippen molar-refractivity contribution in [2.75, 3.05) is 32.7 Å². The van der Waals surface area contributed by atoms with E-state index in [4.69, 9.17) is 0 Å². The van der Waals surface area contributed by atoms with Gasteiger partial charge in [0.15, 0.2) is 0 Å². The summed E-state index contributed by atoms with van der Waals surface area (Å²) in [4.78, 5) is 19.5. The zero-order valence-corrected chi connectivity index (χ0v) is 23.3. The molecule has 2 fully saturated rings. The third-order valence-electron chi connectivity index (χ3n) is 8.67. The van der Waals surface area contributed by atoms with E-state index in [1.54, 1.807) is 0 Å². The summed E-state index contributed by atoms with van der Waals surface area (Å²) in [5, 5.41) is 23.3. The summed E-state index contributed by atoms with van der Waals surface area (Å²) in [6.45, 7) is 1.96. The smallest absolute Gasteiger partial charge is 0.389 e. The molecule has 0 bridgehead atoms. The molecule has 12 heteroatoms. The Morgan fingerprint density at radius 1 is 0.977 bits per heavy atom. The molecule has 2 aliphatic heterocycles. The number of hydrogen-bond donors (Lipinski definition) is 3. The van der Waals surface area contributed by atoms with E-state index in [2.05, 4.69) is 22.1 Å². The Kier molecular flexibility index (Phi) is 8.65. The van der Waals surface area contributed by atoms with Crippen molar-refractivity contribution in [3.05, 3.63) is 77.0 Å². The minimum Gasteiger partial charge on any atom is -0.389 e. The van der Waals surface area contributed by atoms with E-state index in [1.807, 2.05) is 18.2 Å². The number of aliphatic hydroxyl groups excluding tert-OH is 1. The van der Waals surface area contributed by atoms with Crippen molar-refractivity contribution in [3.63, 3.8) is 0 Å². The lowest BCUT2D eigenvalue weighted by atomic mass is 9.84. The van der Waals surface area contributed by atoms with Gasteiger partial charge in [0.1, 0.15) is 0 Å². The Hall–Kier alpha value is -3.35. The highest BCUT2D eigenvalue weighted by Crippen LogP contribution is 2.37. The molecule has 1 aromatic heterocycles. The quantitative estimate of drug-likeness (QED) is 0.244. The van der Waals surface area contributed by atoms with Crippen LogP contribution >= 0.6 is 0 Å². The number of fused-ring (bicyclic) bond motifs is 1. The first-order chi connectivity index (χ1) is 20.2. The van der Waals surface area contributed by atoms with Crippen molar-refractivity contribution in [2.24, 2.45) is 0 Å². The number of aromatic nitrogens is 1. The number of hydrogen-bond acceptors (Lipinski definition) is 4. The first kappa shape index (κ1) is 31.1. The minimum absolute atomic E-state index is 0.0297. The molecule has 5 rings (SSSR count). The summed E-state index contributed by atoms with van der Waals surface area (Å²) >= 11 is 0. The van der Waals surface area contributed by atoms with Crippen LogP contribution in [0.25, 0.3) is 17.0 Å². The van der Waals surface area contributed by atoms with E-state index >= 15 is 0 Å². The van der Waals surface area contributed by atoms with Crippen LogP contribution < -0.4 is 0 Å². The number of para-hydroxylation sites is 1. The minimum atomic E-state index is -4.99. The van der Waals surface area contributed by atoms with Gasteiger partial charge in [-0.15, -0.1) is 0 Å². The maximum atomic E-state index is 13.1. The number of alkyl halides is 6. The Bertz CT molecular complexity index is 1430. The van der Waals surface area contributed by atoms with Crippen molar-refractivity contribution in [2.45, 2.75) is 55.7 Å². The molecule has 2 saturated heterocycles. The fourth-order valence-corrected chi connectivity index (χ4v) is 6.07. The van der Waals surface area contributed by atoms with Crippen molar-refractivity contribution in [1.29, 1.82) is 0 Å². The summed E-state index contributed by atoms with van der Waals surface area (Å²) in [5.41, 5.74) is -2.37. The molecule has 232 valence electrons. The van der Waals surface area contributed by atoms with Gasteiger partial charge in [0.25, 0.3) is 0 Å². The van der Waals surface area contributed by atoms with Crippen LogP contribution in [-0.4, -0.2) is 75.3 Å². The van der Waals surface area contributed by atoms with Crippen LogP contribution in [0, 0.1) is 0 Å². The van der Waals surface area contributed by atoms with Crippen LogP contribution in [0.1, 0.15) is 53.9 Å². The molecule has 43 heavy (non-hydrogen) atoms. The number of halogens is 6. The average Bonchev–Trinajstić information content (AvgIpc) is 3.40. The first-order valence-electron chi connectivity index (χ1n) is 14.2. The summed E-state index contributed by atoms with van der Waals surface area (Å²) < 4.78 is 78.7. The second-order valence-electron chi connectivity index (χ2n) is 11.5. The first-order valence-corrected chi connectivity index (χ1v) is 14.2. The van der Waals surface area contributed by atoms with Gasteiger partial charge in [0.2, 0.25) is 5.91 Å². The number of likely N-dealkylation sites (tertiary alicyclic amines) is 2. The van der Waals surface area contributed by atoms with E-state index in [0.29, 0.717) is 18.1 Å². The molecule has 2 aromatic carbocycles. The molecular weight excluding hydrogens is 576 g/mol. The topological polar surface area (TPSA) is 79.8 Å². The fourth-order valence-electron chi connectivity index (χ4n) is 6.07. The average molecular weight is 610 g/mol. The predicted molar refractivity (Wildman–Crippen MR) is 149 cm³/mol. The normalized spacial score (nSPS) is 19.8. The summed E-state index contributed by atoms with van der Waals surface area (Å²) in [6, 6.07) is 9.29. The zero-order chi connectivity index (χ0) is 31.0. The van der Waals surface area contributed by atoms with Crippen molar-refractivity contribution in [3.8, 4) is 0 Å². The second kappa shape index (κ2) is 12.0. The standard InChI is InChI=1S/C31H33F6N3O3/c32-30(33,34)22-15-20(16-23(17-22)31(35,36)37)5-6-28(42)40-13-9-29(43,10-14-40)27(41)19-39-11-7-21(8-12-39)25-18-38-26-4-2-1-3-24(25)26/h1-6,15-18,21,27,38,41,43H,7-14,19H2/b6-5+. The van der Waals surface area contributed by atoms with E-state index in [1.165, 1.54) is 15.8 Å². The van der Waals surface area contributed by atoms with Crippen LogP contribution in [0.4, 0.5) is 26.3 Å². The van der Waals surface area contributed by atoms with Gasteiger partial charge in [-0.05, 0) is 86.2 Å². The highest BCUT2D eigenvalue weighted by molar-refractivity contribution is 5.92. The molecule has 6 nitrogen and oxygen atoms in total. The number of rotatable bonds is 6. The molecular formula is C31H33F6N3O3.